The number of rotatable bonds is 5. The van der Waals surface area contributed by atoms with E-state index in [9.17, 15) is 27.9 Å². The molecule has 0 aliphatic rings. The van der Waals surface area contributed by atoms with Crippen molar-refractivity contribution in [3.8, 4) is 5.75 Å². The lowest BCUT2D eigenvalue weighted by Crippen LogP contribution is -2.47. The van der Waals surface area contributed by atoms with E-state index >= 15 is 0 Å². The lowest BCUT2D eigenvalue weighted by Gasteiger charge is -2.26. The summed E-state index contributed by atoms with van der Waals surface area (Å²) in [5.74, 6) is -6.00. The highest BCUT2D eigenvalue weighted by molar-refractivity contribution is 6.31. The zero-order chi connectivity index (χ0) is 20.4. The molecule has 1 aromatic rings. The lowest BCUT2D eigenvalue weighted by atomic mass is 10.1. The van der Waals surface area contributed by atoms with Gasteiger partial charge in [0.1, 0.15) is 11.2 Å². The molecule has 0 heterocycles. The predicted molar refractivity (Wildman–Crippen MR) is 86.4 cm³/mol. The van der Waals surface area contributed by atoms with Crippen LogP contribution in [0.15, 0.2) is 12.1 Å². The largest absolute Gasteiger partial charge is 0.480 e. The topological polar surface area (TPSA) is 125 Å². The first kappa shape index (κ1) is 21.8. The lowest BCUT2D eigenvalue weighted by molar-refractivity contribution is -0.171. The van der Waals surface area contributed by atoms with E-state index in [2.05, 4.69) is 0 Å². The molecule has 5 N–H and O–H groups in total. The van der Waals surface area contributed by atoms with Crippen LogP contribution in [0.1, 0.15) is 26.3 Å². The molecule has 2 unspecified atom stereocenters. The van der Waals surface area contributed by atoms with E-state index in [0.29, 0.717) is 6.07 Å². The first-order chi connectivity index (χ1) is 11.6. The zero-order valence-corrected chi connectivity index (χ0v) is 14.8. The molecule has 1 rings (SSSR count). The number of carbonyl (C=O) groups is 2. The van der Waals surface area contributed by atoms with E-state index in [1.165, 1.54) is 20.8 Å². The molecule has 0 aromatic heterocycles. The highest BCUT2D eigenvalue weighted by atomic mass is 35.5. The van der Waals surface area contributed by atoms with Crippen molar-refractivity contribution in [2.45, 2.75) is 38.8 Å². The van der Waals surface area contributed by atoms with Crippen molar-refractivity contribution in [2.24, 2.45) is 11.7 Å². The maximum Gasteiger partial charge on any atom is 0.420 e. The number of nitrogen functional groups attached to an aromatic ring is 1. The molecule has 0 fully saturated rings. The van der Waals surface area contributed by atoms with Crippen molar-refractivity contribution in [3.05, 3.63) is 22.7 Å². The van der Waals surface area contributed by atoms with E-state index in [-0.39, 0.29) is 5.02 Å². The Morgan fingerprint density at radius 3 is 2.19 bits per heavy atom. The number of carboxylic acid groups (broad SMARTS) is 1. The number of hydrogen-bond donors (Lipinski definition) is 3. The van der Waals surface area contributed by atoms with Gasteiger partial charge in [0.05, 0.1) is 5.69 Å². The summed E-state index contributed by atoms with van der Waals surface area (Å²) in [6.45, 7) is 4.44. The van der Waals surface area contributed by atoms with Crippen LogP contribution in [-0.2, 0) is 20.5 Å². The molecule has 7 nitrogen and oxygen atoms in total. The van der Waals surface area contributed by atoms with E-state index < -0.39 is 52.9 Å². The van der Waals surface area contributed by atoms with Crippen LogP contribution in [0.3, 0.4) is 0 Å². The molecular weight excluding hydrogens is 381 g/mol. The smallest absolute Gasteiger partial charge is 0.420 e. The number of halogens is 4. The zero-order valence-electron chi connectivity index (χ0n) is 14.1. The molecule has 11 heteroatoms. The Kier molecular flexibility index (Phi) is 6.37. The number of hydrogen-bond acceptors (Lipinski definition) is 6. The molecule has 26 heavy (non-hydrogen) atoms. The van der Waals surface area contributed by atoms with Gasteiger partial charge in [-0.2, -0.15) is 13.2 Å². The fourth-order valence-corrected chi connectivity index (χ4v) is 2.13. The number of ether oxygens (including phenoxy) is 2. The maximum absolute atomic E-state index is 13.2. The van der Waals surface area contributed by atoms with E-state index in [0.717, 1.165) is 6.07 Å². The number of aliphatic carboxylic acids is 1. The predicted octanol–water partition coefficient (Wildman–Crippen LogP) is 2.65. The Hall–Kier alpha value is -2.20. The average molecular weight is 399 g/mol. The second-order valence-electron chi connectivity index (χ2n) is 6.30. The molecule has 0 spiro atoms. The highest BCUT2D eigenvalue weighted by Crippen LogP contribution is 2.42. The quantitative estimate of drug-likeness (QED) is 0.301. The Morgan fingerprint density at radius 2 is 1.77 bits per heavy atom. The van der Waals surface area contributed by atoms with Crippen LogP contribution in [0, 0.1) is 5.92 Å². The van der Waals surface area contributed by atoms with Gasteiger partial charge in [-0.1, -0.05) is 11.6 Å². The van der Waals surface area contributed by atoms with Gasteiger partial charge < -0.3 is 20.3 Å². The van der Waals surface area contributed by atoms with Gasteiger partial charge in [0.2, 0.25) is 5.92 Å². The van der Waals surface area contributed by atoms with Gasteiger partial charge in [-0.3, -0.25) is 15.3 Å². The van der Waals surface area contributed by atoms with Crippen LogP contribution in [0.25, 0.3) is 0 Å². The number of carboxylic acids is 1. The summed E-state index contributed by atoms with van der Waals surface area (Å²) in [6.07, 6.45) is -6.90. The third-order valence-electron chi connectivity index (χ3n) is 2.90. The fourth-order valence-electron chi connectivity index (χ4n) is 1.90. The van der Waals surface area contributed by atoms with Gasteiger partial charge in [-0.15, -0.1) is 0 Å². The third-order valence-corrected chi connectivity index (χ3v) is 3.12. The van der Waals surface area contributed by atoms with Gasteiger partial charge in [-0.05, 0) is 32.9 Å². The van der Waals surface area contributed by atoms with Gasteiger partial charge in [0, 0.05) is 5.02 Å². The number of anilines is 1. The molecule has 0 bridgehead atoms. The fraction of sp³-hybridized carbons (Fsp3) is 0.467. The number of nitrogens with two attached hydrogens (primary N) is 2. The standard InChI is InChI=1S/C15H18ClF3N2O5/c1-14(2,3)26-13(24)9(12(22)23)11(21)25-10-7(15(17,18)19)4-6(16)5-8(10)20/h4-5,9,11H,20-21H2,1-3H3,(H,22,23). The van der Waals surface area contributed by atoms with Gasteiger partial charge in [0.15, 0.2) is 12.0 Å². The van der Waals surface area contributed by atoms with Crippen LogP contribution in [0.2, 0.25) is 5.02 Å². The maximum atomic E-state index is 13.2. The van der Waals surface area contributed by atoms with Crippen LogP contribution in [0.5, 0.6) is 5.75 Å². The van der Waals surface area contributed by atoms with Crippen molar-refractivity contribution in [1.29, 1.82) is 0 Å². The highest BCUT2D eigenvalue weighted by Gasteiger charge is 2.41. The van der Waals surface area contributed by atoms with E-state index in [1.807, 2.05) is 0 Å². The number of esters is 1. The molecule has 0 saturated heterocycles. The average Bonchev–Trinajstić information content (AvgIpc) is 2.37. The van der Waals surface area contributed by atoms with Crippen LogP contribution in [0.4, 0.5) is 18.9 Å². The summed E-state index contributed by atoms with van der Waals surface area (Å²) in [6, 6.07) is 1.52. The second-order valence-corrected chi connectivity index (χ2v) is 6.74. The van der Waals surface area contributed by atoms with Crippen molar-refractivity contribution in [2.75, 3.05) is 5.73 Å². The molecule has 0 saturated carbocycles. The van der Waals surface area contributed by atoms with Crippen molar-refractivity contribution in [1.82, 2.24) is 0 Å². The van der Waals surface area contributed by atoms with Crippen LogP contribution >= 0.6 is 11.6 Å². The van der Waals surface area contributed by atoms with Crippen LogP contribution in [-0.4, -0.2) is 28.9 Å². The number of benzene rings is 1. The molecular formula is C15H18ClF3N2O5. The molecule has 0 radical (unpaired) electrons. The molecule has 1 aromatic carbocycles. The summed E-state index contributed by atoms with van der Waals surface area (Å²) >= 11 is 5.57. The minimum absolute atomic E-state index is 0.308. The molecule has 0 amide bonds. The second kappa shape index (κ2) is 7.58. The summed E-state index contributed by atoms with van der Waals surface area (Å²) in [7, 11) is 0. The van der Waals surface area contributed by atoms with Crippen molar-refractivity contribution in [3.63, 3.8) is 0 Å². The SMILES string of the molecule is CC(C)(C)OC(=O)C(C(=O)O)C(N)Oc1c(N)cc(Cl)cc1C(F)(F)F. The minimum Gasteiger partial charge on any atom is -0.480 e. The monoisotopic (exact) mass is 398 g/mol. The van der Waals surface area contributed by atoms with E-state index in [4.69, 9.17) is 32.5 Å². The minimum atomic E-state index is -4.90. The van der Waals surface area contributed by atoms with Crippen molar-refractivity contribution < 1.29 is 37.3 Å². The molecule has 0 aliphatic heterocycles. The number of alkyl halides is 3. The van der Waals surface area contributed by atoms with Crippen molar-refractivity contribution >= 4 is 29.2 Å². The Labute approximate surface area is 152 Å². The molecule has 2 atom stereocenters. The van der Waals surface area contributed by atoms with Gasteiger partial charge >= 0.3 is 18.1 Å². The Bertz CT molecular complexity index is 704. The van der Waals surface area contributed by atoms with E-state index in [1.54, 1.807) is 0 Å². The first-order valence-corrected chi connectivity index (χ1v) is 7.55. The van der Waals surface area contributed by atoms with Crippen LogP contribution < -0.4 is 16.2 Å². The first-order valence-electron chi connectivity index (χ1n) is 7.17. The normalized spacial score (nSPS) is 14.5. The Balaban J connectivity index is 3.24. The summed E-state index contributed by atoms with van der Waals surface area (Å²) in [5.41, 5.74) is 8.11. The van der Waals surface area contributed by atoms with Gasteiger partial charge in [0.25, 0.3) is 0 Å². The molecule has 0 aliphatic carbocycles. The summed E-state index contributed by atoms with van der Waals surface area (Å²) in [5, 5.41) is 8.89. The summed E-state index contributed by atoms with van der Waals surface area (Å²) < 4.78 is 49.3. The molecule has 146 valence electrons. The van der Waals surface area contributed by atoms with Gasteiger partial charge in [-0.25, -0.2) is 0 Å². The Morgan fingerprint density at radius 1 is 1.23 bits per heavy atom. The number of carbonyl (C=O) groups excluding carboxylic acids is 1. The summed E-state index contributed by atoms with van der Waals surface area (Å²) in [4.78, 5) is 23.4. The third kappa shape index (κ3) is 5.67.